The van der Waals surface area contributed by atoms with Crippen LogP contribution in [0, 0.1) is 5.41 Å². The van der Waals surface area contributed by atoms with Gasteiger partial charge < -0.3 is 36.5 Å². The monoisotopic (exact) mass is 659 g/mol. The van der Waals surface area contributed by atoms with Gasteiger partial charge >= 0.3 is 6.09 Å². The van der Waals surface area contributed by atoms with E-state index in [2.05, 4.69) is 72.6 Å². The van der Waals surface area contributed by atoms with Crippen LogP contribution in [0.1, 0.15) is 59.0 Å². The van der Waals surface area contributed by atoms with E-state index >= 15 is 0 Å². The third-order valence-corrected chi connectivity index (χ3v) is 7.15. The third-order valence-electron chi connectivity index (χ3n) is 6.71. The van der Waals surface area contributed by atoms with Gasteiger partial charge in [-0.15, -0.1) is 0 Å². The van der Waals surface area contributed by atoms with Crippen LogP contribution in [0.15, 0.2) is 42.5 Å². The maximum absolute atomic E-state index is 12.3. The number of thiol groups is 1. The number of aromatic hydroxyl groups is 1. The van der Waals surface area contributed by atoms with Gasteiger partial charge in [-0.25, -0.2) is 14.8 Å². The summed E-state index contributed by atoms with van der Waals surface area (Å²) in [6.45, 7) is 1.56. The lowest BCUT2D eigenvalue weighted by atomic mass is 10.0. The van der Waals surface area contributed by atoms with E-state index in [1.807, 2.05) is 0 Å². The van der Waals surface area contributed by atoms with Gasteiger partial charge in [0.15, 0.2) is 28.4 Å². The SMILES string of the molecule is N=C(NCCCCc1ccc(CCCCNC[C@H](O)c2ccc(O)c(NC(=O)OS)c2)cc1)NC(=O)c1nc(Cl)c(N)nc1N. The number of carbonyl (C=O) groups is 2. The van der Waals surface area contributed by atoms with E-state index in [0.29, 0.717) is 18.7 Å². The number of nitrogen functional groups attached to an aromatic ring is 2. The number of benzene rings is 2. The Bertz CT molecular complexity index is 1460. The van der Waals surface area contributed by atoms with Gasteiger partial charge in [0.25, 0.3) is 5.91 Å². The first-order valence-corrected chi connectivity index (χ1v) is 15.0. The first-order valence-electron chi connectivity index (χ1n) is 14.2. The second-order valence-electron chi connectivity index (χ2n) is 10.1. The zero-order chi connectivity index (χ0) is 32.8. The van der Waals surface area contributed by atoms with Crippen LogP contribution in [-0.4, -0.2) is 57.8 Å². The molecule has 0 aliphatic rings. The molecule has 0 radical (unpaired) electrons. The molecule has 0 aliphatic carbocycles. The van der Waals surface area contributed by atoms with Crippen LogP contribution >= 0.6 is 24.5 Å². The van der Waals surface area contributed by atoms with E-state index in [9.17, 15) is 19.8 Å². The number of amides is 2. The van der Waals surface area contributed by atoms with Crippen molar-refractivity contribution in [1.29, 1.82) is 5.41 Å². The zero-order valence-electron chi connectivity index (χ0n) is 24.5. The van der Waals surface area contributed by atoms with Crippen molar-refractivity contribution in [3.8, 4) is 5.75 Å². The molecule has 45 heavy (non-hydrogen) atoms. The molecule has 2 amide bonds. The fourth-order valence-corrected chi connectivity index (χ4v) is 4.47. The van der Waals surface area contributed by atoms with Crippen LogP contribution in [-0.2, 0) is 17.0 Å². The van der Waals surface area contributed by atoms with Crippen molar-refractivity contribution in [2.45, 2.75) is 44.6 Å². The van der Waals surface area contributed by atoms with Gasteiger partial charge in [-0.05, 0) is 73.9 Å². The number of hydrogen-bond acceptors (Lipinski definition) is 12. The summed E-state index contributed by atoms with van der Waals surface area (Å²) in [5.74, 6) is -1.28. The number of rotatable bonds is 15. The highest BCUT2D eigenvalue weighted by Crippen LogP contribution is 2.27. The van der Waals surface area contributed by atoms with Crippen molar-refractivity contribution in [3.63, 3.8) is 0 Å². The van der Waals surface area contributed by atoms with Crippen molar-refractivity contribution in [1.82, 2.24) is 25.9 Å². The van der Waals surface area contributed by atoms with E-state index in [1.54, 1.807) is 6.07 Å². The number of aliphatic hydroxyl groups excluding tert-OH is 1. The third kappa shape index (κ3) is 11.6. The molecule has 3 rings (SSSR count). The first-order chi connectivity index (χ1) is 21.6. The molecule has 242 valence electrons. The maximum Gasteiger partial charge on any atom is 0.423 e. The number of nitrogens with one attached hydrogen (secondary N) is 5. The number of anilines is 3. The molecule has 0 fully saturated rings. The van der Waals surface area contributed by atoms with Gasteiger partial charge in [0.1, 0.15) is 5.75 Å². The Morgan fingerprint density at radius 1 is 0.978 bits per heavy atom. The summed E-state index contributed by atoms with van der Waals surface area (Å²) in [5.41, 5.74) is 14.1. The van der Waals surface area contributed by atoms with Gasteiger partial charge in [0.05, 0.1) is 11.8 Å². The van der Waals surface area contributed by atoms with Gasteiger partial charge in [0, 0.05) is 26.0 Å². The number of phenols is 1. The Morgan fingerprint density at radius 2 is 1.62 bits per heavy atom. The molecule has 0 spiro atoms. The summed E-state index contributed by atoms with van der Waals surface area (Å²) in [6, 6.07) is 13.0. The van der Waals surface area contributed by atoms with E-state index < -0.39 is 18.1 Å². The Morgan fingerprint density at radius 3 is 2.27 bits per heavy atom. The van der Waals surface area contributed by atoms with Gasteiger partial charge in [-0.2, -0.15) is 0 Å². The molecular weight excluding hydrogens is 622 g/mol. The van der Waals surface area contributed by atoms with E-state index in [4.69, 9.17) is 28.5 Å². The fraction of sp³-hybridized carbons (Fsp3) is 0.345. The molecule has 16 heteroatoms. The lowest BCUT2D eigenvalue weighted by molar-refractivity contribution is 0.0971. The number of hydrogen-bond donors (Lipinski definition) is 10. The minimum absolute atomic E-state index is 0.0770. The quantitative estimate of drug-likeness (QED) is 0.0284. The van der Waals surface area contributed by atoms with Gasteiger partial charge in [-0.3, -0.25) is 20.8 Å². The summed E-state index contributed by atoms with van der Waals surface area (Å²) in [7, 11) is 0. The summed E-state index contributed by atoms with van der Waals surface area (Å²) >= 11 is 9.21. The van der Waals surface area contributed by atoms with Crippen molar-refractivity contribution < 1.29 is 24.0 Å². The van der Waals surface area contributed by atoms with Crippen molar-refractivity contribution in [3.05, 3.63) is 70.0 Å². The Kier molecular flexibility index (Phi) is 14.0. The molecule has 0 saturated carbocycles. The number of phenolic OH excluding ortho intramolecular Hbond substituents is 1. The van der Waals surface area contributed by atoms with E-state index in [-0.39, 0.29) is 39.9 Å². The Balaban J connectivity index is 1.26. The summed E-state index contributed by atoms with van der Waals surface area (Å²) in [5, 5.41) is 38.9. The van der Waals surface area contributed by atoms with Crippen LogP contribution in [0.25, 0.3) is 0 Å². The van der Waals surface area contributed by atoms with Crippen molar-refractivity contribution in [2.24, 2.45) is 0 Å². The second-order valence-corrected chi connectivity index (χ2v) is 10.7. The molecule has 14 nitrogen and oxygen atoms in total. The van der Waals surface area contributed by atoms with Crippen molar-refractivity contribution in [2.75, 3.05) is 36.4 Å². The largest absolute Gasteiger partial charge is 0.506 e. The molecule has 0 saturated heterocycles. The number of nitrogens with two attached hydrogens (primary N) is 2. The average molecular weight is 660 g/mol. The summed E-state index contributed by atoms with van der Waals surface area (Å²) < 4.78 is 4.24. The molecule has 0 unspecified atom stereocenters. The lowest BCUT2D eigenvalue weighted by Crippen LogP contribution is -2.41. The Hall–Kier alpha value is -4.31. The minimum Gasteiger partial charge on any atom is -0.506 e. The molecule has 2 aromatic carbocycles. The zero-order valence-corrected chi connectivity index (χ0v) is 26.1. The van der Waals surface area contributed by atoms with Crippen molar-refractivity contribution >= 4 is 59.8 Å². The molecule has 11 N–H and O–H groups in total. The topological polar surface area (TPSA) is 234 Å². The van der Waals surface area contributed by atoms with Crippen LogP contribution in [0.3, 0.4) is 0 Å². The summed E-state index contributed by atoms with van der Waals surface area (Å²) in [6.07, 6.45) is 3.80. The van der Waals surface area contributed by atoms with E-state index in [0.717, 1.165) is 45.1 Å². The predicted molar refractivity (Wildman–Crippen MR) is 176 cm³/mol. The highest BCUT2D eigenvalue weighted by Gasteiger charge is 2.17. The molecule has 0 bridgehead atoms. The number of aliphatic hydroxyl groups is 1. The molecule has 1 atom stereocenters. The number of aryl methyl sites for hydroxylation is 2. The fourth-order valence-electron chi connectivity index (χ4n) is 4.30. The predicted octanol–water partition coefficient (Wildman–Crippen LogP) is 3.32. The molecule has 1 aromatic heterocycles. The van der Waals surface area contributed by atoms with Crippen LogP contribution in [0.4, 0.5) is 22.1 Å². The van der Waals surface area contributed by atoms with E-state index in [1.165, 1.54) is 23.3 Å². The first kappa shape index (κ1) is 35.2. The average Bonchev–Trinajstić information content (AvgIpc) is 3.01. The lowest BCUT2D eigenvalue weighted by Gasteiger charge is -2.14. The molecule has 1 heterocycles. The van der Waals surface area contributed by atoms with Gasteiger partial charge in [0.2, 0.25) is 0 Å². The number of guanidine groups is 1. The number of carbonyl (C=O) groups excluding carboxylic acids is 2. The molecule has 3 aromatic rings. The standard InChI is InChI=1S/C29H38ClN9O5S/c30-24-26(32)38-25(31)23(37-24)27(42)39-28(33)35-14-4-2-6-18-9-7-17(8-10-18)5-1-3-13-34-16-22(41)19-11-12-21(40)20(15-19)36-29(43)44-45/h7-12,15,22,34,40-41,45H,1-6,13-14,16H2,(H,36,43)(H4,31,32,38)(H3,33,35,39,42)/t22-/m0/s1. The molecular formula is C29H38ClN9O5S. The number of halogens is 1. The highest BCUT2D eigenvalue weighted by atomic mass is 35.5. The highest BCUT2D eigenvalue weighted by molar-refractivity contribution is 7.75. The smallest absolute Gasteiger partial charge is 0.423 e. The normalized spacial score (nSPS) is 11.4. The van der Waals surface area contributed by atoms with Crippen LogP contribution < -0.4 is 32.7 Å². The minimum atomic E-state index is -0.841. The molecule has 0 aliphatic heterocycles. The number of nitrogens with zero attached hydrogens (tertiary/aromatic N) is 2. The number of aromatic nitrogens is 2. The number of unbranched alkanes of at least 4 members (excludes halogenated alkanes) is 2. The summed E-state index contributed by atoms with van der Waals surface area (Å²) in [4.78, 5) is 31.2. The Labute approximate surface area is 271 Å². The van der Waals surface area contributed by atoms with Crippen LogP contribution in [0.5, 0.6) is 5.75 Å². The second kappa shape index (κ2) is 17.9. The maximum atomic E-state index is 12.3. The van der Waals surface area contributed by atoms with Crippen LogP contribution in [0.2, 0.25) is 5.15 Å². The van der Waals surface area contributed by atoms with Gasteiger partial charge in [-0.1, -0.05) is 41.9 Å².